The highest BCUT2D eigenvalue weighted by Gasteiger charge is 2.07. The Bertz CT molecular complexity index is 415. The van der Waals surface area contributed by atoms with E-state index in [2.05, 4.69) is 4.74 Å². The highest BCUT2D eigenvalue weighted by atomic mass is 16.5. The van der Waals surface area contributed by atoms with E-state index in [1.54, 1.807) is 0 Å². The van der Waals surface area contributed by atoms with Gasteiger partial charge in [-0.15, -0.1) is 0 Å². The number of methoxy groups -OCH3 is 1. The van der Waals surface area contributed by atoms with Crippen LogP contribution in [0.3, 0.4) is 0 Å². The third-order valence-corrected chi connectivity index (χ3v) is 2.81. The predicted molar refractivity (Wildman–Crippen MR) is 70.7 cm³/mol. The number of hydrogen-bond donors (Lipinski definition) is 0. The first-order chi connectivity index (χ1) is 8.52. The lowest BCUT2D eigenvalue weighted by molar-refractivity contribution is -0.140. The van der Waals surface area contributed by atoms with E-state index in [0.29, 0.717) is 19.3 Å². The van der Waals surface area contributed by atoms with Gasteiger partial charge in [0.1, 0.15) is 0 Å². The van der Waals surface area contributed by atoms with Crippen molar-refractivity contribution in [3.63, 3.8) is 0 Å². The Balaban J connectivity index is 2.43. The summed E-state index contributed by atoms with van der Waals surface area (Å²) in [5.41, 5.74) is 2.98. The molecular formula is C15H20O3. The number of ketones is 1. The summed E-state index contributed by atoms with van der Waals surface area (Å²) in [6, 6.07) is 5.87. The number of carbonyl (C=O) groups excluding carboxylic acids is 2. The number of rotatable bonds is 6. The van der Waals surface area contributed by atoms with E-state index < -0.39 is 0 Å². The fraction of sp³-hybridized carbons (Fsp3) is 0.467. The maximum atomic E-state index is 11.9. The molecule has 1 rings (SSSR count). The third kappa shape index (κ3) is 4.70. The van der Waals surface area contributed by atoms with E-state index in [1.165, 1.54) is 7.11 Å². The van der Waals surface area contributed by atoms with Crippen molar-refractivity contribution in [2.75, 3.05) is 7.11 Å². The van der Waals surface area contributed by atoms with Gasteiger partial charge < -0.3 is 4.74 Å². The molecule has 0 fully saturated rings. The van der Waals surface area contributed by atoms with E-state index in [9.17, 15) is 9.59 Å². The van der Waals surface area contributed by atoms with Crippen molar-refractivity contribution in [2.24, 2.45) is 0 Å². The maximum absolute atomic E-state index is 11.9. The smallest absolute Gasteiger partial charge is 0.305 e. The Morgan fingerprint density at radius 2 is 1.56 bits per heavy atom. The molecule has 1 aromatic carbocycles. The Morgan fingerprint density at radius 3 is 2.11 bits per heavy atom. The molecule has 0 aromatic heterocycles. The van der Waals surface area contributed by atoms with Gasteiger partial charge in [0.15, 0.2) is 5.78 Å². The van der Waals surface area contributed by atoms with Gasteiger partial charge in [0.05, 0.1) is 7.11 Å². The van der Waals surface area contributed by atoms with Crippen LogP contribution in [-0.4, -0.2) is 18.9 Å². The fourth-order valence-corrected chi connectivity index (χ4v) is 1.94. The zero-order valence-corrected chi connectivity index (χ0v) is 11.3. The summed E-state index contributed by atoms with van der Waals surface area (Å²) in [5.74, 6) is -0.0690. The number of unbranched alkanes of at least 4 members (excludes halogenated alkanes) is 1. The lowest BCUT2D eigenvalue weighted by Crippen LogP contribution is -2.02. The van der Waals surface area contributed by atoms with Crippen molar-refractivity contribution in [3.05, 3.63) is 34.9 Å². The summed E-state index contributed by atoms with van der Waals surface area (Å²) < 4.78 is 4.55. The molecule has 0 amide bonds. The van der Waals surface area contributed by atoms with Gasteiger partial charge in [0, 0.05) is 18.4 Å². The molecule has 0 spiro atoms. The molecule has 0 radical (unpaired) electrons. The normalized spacial score (nSPS) is 10.2. The third-order valence-electron chi connectivity index (χ3n) is 2.81. The summed E-state index contributed by atoms with van der Waals surface area (Å²) >= 11 is 0. The zero-order chi connectivity index (χ0) is 13.5. The lowest BCUT2D eigenvalue weighted by Gasteiger charge is -2.04. The second kappa shape index (κ2) is 6.94. The minimum absolute atomic E-state index is 0.145. The largest absolute Gasteiger partial charge is 0.469 e. The molecule has 0 aliphatic heterocycles. The number of ether oxygens (including phenoxy) is 1. The molecule has 18 heavy (non-hydrogen) atoms. The van der Waals surface area contributed by atoms with Crippen LogP contribution in [0.5, 0.6) is 0 Å². The van der Waals surface area contributed by atoms with Crippen molar-refractivity contribution in [2.45, 2.75) is 39.5 Å². The van der Waals surface area contributed by atoms with E-state index in [-0.39, 0.29) is 11.8 Å². The first-order valence-electron chi connectivity index (χ1n) is 6.21. The summed E-state index contributed by atoms with van der Waals surface area (Å²) in [4.78, 5) is 22.9. The van der Waals surface area contributed by atoms with Crippen LogP contribution in [0.2, 0.25) is 0 Å². The molecule has 0 heterocycles. The predicted octanol–water partition coefficient (Wildman–Crippen LogP) is 3.22. The van der Waals surface area contributed by atoms with E-state index >= 15 is 0 Å². The Labute approximate surface area is 108 Å². The van der Waals surface area contributed by atoms with Crippen molar-refractivity contribution in [3.8, 4) is 0 Å². The molecule has 3 heteroatoms. The molecule has 1 aromatic rings. The standard InChI is InChI=1S/C15H20O3/c1-11-8-12(2)10-13(9-11)14(16)6-4-5-7-15(17)18-3/h8-10H,4-7H2,1-3H3. The maximum Gasteiger partial charge on any atom is 0.305 e. The summed E-state index contributed by atoms with van der Waals surface area (Å²) in [5, 5.41) is 0. The van der Waals surface area contributed by atoms with Crippen molar-refractivity contribution in [1.82, 2.24) is 0 Å². The van der Waals surface area contributed by atoms with Crippen LogP contribution in [0.4, 0.5) is 0 Å². The highest BCUT2D eigenvalue weighted by Crippen LogP contribution is 2.13. The second-order valence-corrected chi connectivity index (χ2v) is 4.58. The quantitative estimate of drug-likeness (QED) is 0.441. The van der Waals surface area contributed by atoms with Crippen LogP contribution in [0, 0.1) is 13.8 Å². The molecule has 0 aliphatic carbocycles. The molecule has 0 aliphatic rings. The first-order valence-corrected chi connectivity index (χ1v) is 6.21. The molecule has 0 bridgehead atoms. The van der Waals surface area contributed by atoms with Crippen molar-refractivity contribution in [1.29, 1.82) is 0 Å². The van der Waals surface area contributed by atoms with Gasteiger partial charge in [-0.2, -0.15) is 0 Å². The lowest BCUT2D eigenvalue weighted by atomic mass is 10.0. The molecule has 3 nitrogen and oxygen atoms in total. The van der Waals surface area contributed by atoms with Crippen molar-refractivity contribution >= 4 is 11.8 Å². The van der Waals surface area contributed by atoms with Crippen LogP contribution in [0.1, 0.15) is 47.2 Å². The highest BCUT2D eigenvalue weighted by molar-refractivity contribution is 5.96. The van der Waals surface area contributed by atoms with E-state index in [4.69, 9.17) is 0 Å². The second-order valence-electron chi connectivity index (χ2n) is 4.58. The molecule has 0 atom stereocenters. The number of carbonyl (C=O) groups is 2. The SMILES string of the molecule is COC(=O)CCCCC(=O)c1cc(C)cc(C)c1. The van der Waals surface area contributed by atoms with Crippen LogP contribution in [-0.2, 0) is 9.53 Å². The van der Waals surface area contributed by atoms with Gasteiger partial charge in [-0.3, -0.25) is 9.59 Å². The first kappa shape index (κ1) is 14.4. The minimum Gasteiger partial charge on any atom is -0.469 e. The molecule has 0 saturated carbocycles. The van der Waals surface area contributed by atoms with E-state index in [0.717, 1.165) is 23.1 Å². The van der Waals surface area contributed by atoms with Gasteiger partial charge >= 0.3 is 5.97 Å². The Morgan fingerprint density at radius 1 is 1.00 bits per heavy atom. The minimum atomic E-state index is -0.214. The van der Waals surface area contributed by atoms with Crippen LogP contribution < -0.4 is 0 Å². The molecular weight excluding hydrogens is 228 g/mol. The monoisotopic (exact) mass is 248 g/mol. The summed E-state index contributed by atoms with van der Waals surface area (Å²) in [6.07, 6.45) is 2.29. The van der Waals surface area contributed by atoms with Gasteiger partial charge in [-0.05, 0) is 38.8 Å². The average molecular weight is 248 g/mol. The Hall–Kier alpha value is -1.64. The number of esters is 1. The topological polar surface area (TPSA) is 43.4 Å². The zero-order valence-electron chi connectivity index (χ0n) is 11.3. The average Bonchev–Trinajstić information content (AvgIpc) is 2.32. The van der Waals surface area contributed by atoms with Gasteiger partial charge in [-0.25, -0.2) is 0 Å². The number of aryl methyl sites for hydroxylation is 2. The number of benzene rings is 1. The van der Waals surface area contributed by atoms with Gasteiger partial charge in [-0.1, -0.05) is 17.2 Å². The van der Waals surface area contributed by atoms with Gasteiger partial charge in [0.2, 0.25) is 0 Å². The number of Topliss-reactive ketones (excluding diaryl/α,β-unsaturated/α-hetero) is 1. The summed E-state index contributed by atoms with van der Waals surface area (Å²) in [6.45, 7) is 3.97. The summed E-state index contributed by atoms with van der Waals surface area (Å²) in [7, 11) is 1.38. The molecule has 0 saturated heterocycles. The Kier molecular flexibility index (Phi) is 5.56. The molecule has 0 N–H and O–H groups in total. The van der Waals surface area contributed by atoms with Crippen molar-refractivity contribution < 1.29 is 14.3 Å². The van der Waals surface area contributed by atoms with Crippen LogP contribution in [0.15, 0.2) is 18.2 Å². The van der Waals surface area contributed by atoms with E-state index in [1.807, 2.05) is 32.0 Å². The number of hydrogen-bond acceptors (Lipinski definition) is 3. The molecule has 0 unspecified atom stereocenters. The fourth-order valence-electron chi connectivity index (χ4n) is 1.94. The molecule has 98 valence electrons. The van der Waals surface area contributed by atoms with Crippen LogP contribution >= 0.6 is 0 Å². The van der Waals surface area contributed by atoms with Gasteiger partial charge in [0.25, 0.3) is 0 Å². The van der Waals surface area contributed by atoms with Crippen LogP contribution in [0.25, 0.3) is 0 Å².